The van der Waals surface area contributed by atoms with E-state index in [9.17, 15) is 9.59 Å². The zero-order chi connectivity index (χ0) is 17.8. The Kier molecular flexibility index (Phi) is 5.19. The highest BCUT2D eigenvalue weighted by molar-refractivity contribution is 6.30. The van der Waals surface area contributed by atoms with Crippen molar-refractivity contribution < 1.29 is 9.59 Å². The van der Waals surface area contributed by atoms with Gasteiger partial charge in [0, 0.05) is 30.5 Å². The van der Waals surface area contributed by atoms with E-state index >= 15 is 0 Å². The maximum atomic E-state index is 12.2. The lowest BCUT2D eigenvalue weighted by atomic mass is 10.2. The van der Waals surface area contributed by atoms with Gasteiger partial charge in [0.25, 0.3) is 0 Å². The number of hydrogen-bond donors (Lipinski definition) is 2. The number of nitrogens with zero attached hydrogens (tertiary/aromatic N) is 2. The van der Waals surface area contributed by atoms with Gasteiger partial charge in [0.2, 0.25) is 11.8 Å². The molecule has 1 saturated heterocycles. The number of carbonyl (C=O) groups is 2. The Morgan fingerprint density at radius 3 is 2.60 bits per heavy atom. The van der Waals surface area contributed by atoms with Crippen molar-refractivity contribution in [2.75, 3.05) is 22.1 Å². The van der Waals surface area contributed by atoms with Gasteiger partial charge in [-0.2, -0.15) is 0 Å². The Balaban J connectivity index is 1.58. The van der Waals surface area contributed by atoms with E-state index in [1.54, 1.807) is 24.0 Å². The normalized spacial score (nSPS) is 15.1. The molecule has 130 valence electrons. The van der Waals surface area contributed by atoms with E-state index in [2.05, 4.69) is 15.6 Å². The molecule has 7 heteroatoms. The highest BCUT2D eigenvalue weighted by Gasteiger charge is 2.21. The summed E-state index contributed by atoms with van der Waals surface area (Å²) < 4.78 is 0. The van der Waals surface area contributed by atoms with Crippen molar-refractivity contribution in [1.29, 1.82) is 0 Å². The van der Waals surface area contributed by atoms with Crippen LogP contribution in [0.15, 0.2) is 42.6 Å². The van der Waals surface area contributed by atoms with Crippen LogP contribution in [0.4, 0.5) is 17.2 Å². The number of pyridine rings is 1. The minimum Gasteiger partial charge on any atom is -0.374 e. The highest BCUT2D eigenvalue weighted by atomic mass is 35.5. The third-order valence-electron chi connectivity index (χ3n) is 4.01. The Hall–Kier alpha value is -2.60. The fraction of sp³-hybridized carbons (Fsp3) is 0.278. The fourth-order valence-corrected chi connectivity index (χ4v) is 2.77. The van der Waals surface area contributed by atoms with Crippen LogP contribution in [0.3, 0.4) is 0 Å². The van der Waals surface area contributed by atoms with Crippen molar-refractivity contribution in [1.82, 2.24) is 4.98 Å². The van der Waals surface area contributed by atoms with Crippen molar-refractivity contribution >= 4 is 40.6 Å². The molecule has 1 aromatic carbocycles. The lowest BCUT2D eigenvalue weighted by Crippen LogP contribution is -2.32. The number of aromatic nitrogens is 1. The molecule has 0 unspecified atom stereocenters. The third kappa shape index (κ3) is 4.28. The first-order chi connectivity index (χ1) is 12.0. The average molecular weight is 359 g/mol. The lowest BCUT2D eigenvalue weighted by Gasteiger charge is -2.18. The van der Waals surface area contributed by atoms with Crippen LogP contribution < -0.4 is 15.5 Å². The van der Waals surface area contributed by atoms with E-state index in [0.29, 0.717) is 17.3 Å². The molecule has 0 spiro atoms. The van der Waals surface area contributed by atoms with Crippen LogP contribution in [-0.4, -0.2) is 29.4 Å². The predicted molar refractivity (Wildman–Crippen MR) is 99.0 cm³/mol. The Morgan fingerprint density at radius 2 is 2.00 bits per heavy atom. The summed E-state index contributed by atoms with van der Waals surface area (Å²) in [6.45, 7) is 2.53. The first kappa shape index (κ1) is 17.2. The molecule has 0 bridgehead atoms. The molecule has 2 amide bonds. The second kappa shape index (κ2) is 7.53. The van der Waals surface area contributed by atoms with Gasteiger partial charge in [-0.3, -0.25) is 9.59 Å². The molecule has 3 rings (SSSR count). The van der Waals surface area contributed by atoms with Gasteiger partial charge in [0.1, 0.15) is 11.9 Å². The minimum atomic E-state index is -0.447. The first-order valence-electron chi connectivity index (χ1n) is 8.12. The SMILES string of the molecule is C[C@@H](Nc1ccc(N2CCCC2=O)cc1)C(=O)Nc1ccc(Cl)cn1. The van der Waals surface area contributed by atoms with E-state index in [0.717, 1.165) is 24.3 Å². The van der Waals surface area contributed by atoms with E-state index in [-0.39, 0.29) is 11.8 Å². The Bertz CT molecular complexity index is 762. The topological polar surface area (TPSA) is 74.3 Å². The summed E-state index contributed by atoms with van der Waals surface area (Å²) in [5.74, 6) is 0.406. The standard InChI is InChI=1S/C18H19ClN4O2/c1-12(18(25)22-16-9-4-13(19)11-20-16)21-14-5-7-15(8-6-14)23-10-2-3-17(23)24/h4-9,11-12,21H,2-3,10H2,1H3,(H,20,22,25)/t12-/m1/s1. The highest BCUT2D eigenvalue weighted by Crippen LogP contribution is 2.23. The maximum Gasteiger partial charge on any atom is 0.247 e. The van der Waals surface area contributed by atoms with Crippen LogP contribution >= 0.6 is 11.6 Å². The molecule has 6 nitrogen and oxygen atoms in total. The second-order valence-corrected chi connectivity index (χ2v) is 6.35. The van der Waals surface area contributed by atoms with E-state index in [4.69, 9.17) is 11.6 Å². The van der Waals surface area contributed by atoms with Crippen LogP contribution in [0.25, 0.3) is 0 Å². The van der Waals surface area contributed by atoms with Crippen molar-refractivity contribution in [3.8, 4) is 0 Å². The van der Waals surface area contributed by atoms with Crippen LogP contribution in [0.5, 0.6) is 0 Å². The number of halogens is 1. The van der Waals surface area contributed by atoms with Crippen LogP contribution in [0, 0.1) is 0 Å². The molecule has 1 aliphatic heterocycles. The summed E-state index contributed by atoms with van der Waals surface area (Å²) in [6.07, 6.45) is 2.98. The number of carbonyl (C=O) groups excluding carboxylic acids is 2. The fourth-order valence-electron chi connectivity index (χ4n) is 2.66. The van der Waals surface area contributed by atoms with Crippen molar-refractivity contribution in [3.63, 3.8) is 0 Å². The van der Waals surface area contributed by atoms with Gasteiger partial charge in [0.05, 0.1) is 5.02 Å². The number of rotatable bonds is 5. The van der Waals surface area contributed by atoms with Crippen molar-refractivity contribution in [2.24, 2.45) is 0 Å². The molecule has 1 fully saturated rings. The maximum absolute atomic E-state index is 12.2. The summed E-state index contributed by atoms with van der Waals surface area (Å²) in [4.78, 5) is 29.8. The molecule has 1 atom stereocenters. The summed E-state index contributed by atoms with van der Waals surface area (Å²) in [5.41, 5.74) is 1.69. The zero-order valence-electron chi connectivity index (χ0n) is 13.8. The number of anilines is 3. The summed E-state index contributed by atoms with van der Waals surface area (Å²) >= 11 is 5.77. The molecule has 2 aromatic rings. The third-order valence-corrected chi connectivity index (χ3v) is 4.23. The largest absolute Gasteiger partial charge is 0.374 e. The van der Waals surface area contributed by atoms with Crippen LogP contribution in [0.1, 0.15) is 19.8 Å². The molecule has 2 heterocycles. The molecule has 2 N–H and O–H groups in total. The predicted octanol–water partition coefficient (Wildman–Crippen LogP) is 3.30. The van der Waals surface area contributed by atoms with Crippen LogP contribution in [-0.2, 0) is 9.59 Å². The number of amides is 2. The van der Waals surface area contributed by atoms with Crippen molar-refractivity contribution in [2.45, 2.75) is 25.8 Å². The van der Waals surface area contributed by atoms with Gasteiger partial charge in [-0.1, -0.05) is 11.6 Å². The molecular weight excluding hydrogens is 340 g/mol. The van der Waals surface area contributed by atoms with E-state index in [1.807, 2.05) is 24.3 Å². The van der Waals surface area contributed by atoms with Gasteiger partial charge < -0.3 is 15.5 Å². The molecule has 0 saturated carbocycles. The molecule has 0 radical (unpaired) electrons. The monoisotopic (exact) mass is 358 g/mol. The Morgan fingerprint density at radius 1 is 1.24 bits per heavy atom. The number of benzene rings is 1. The molecule has 25 heavy (non-hydrogen) atoms. The summed E-state index contributed by atoms with van der Waals surface area (Å²) in [7, 11) is 0. The first-order valence-corrected chi connectivity index (χ1v) is 8.50. The summed E-state index contributed by atoms with van der Waals surface area (Å²) in [5, 5.41) is 6.37. The van der Waals surface area contributed by atoms with Gasteiger partial charge >= 0.3 is 0 Å². The number of nitrogens with one attached hydrogen (secondary N) is 2. The molecule has 0 aliphatic carbocycles. The van der Waals surface area contributed by atoms with E-state index in [1.165, 1.54) is 6.20 Å². The van der Waals surface area contributed by atoms with Crippen molar-refractivity contribution in [3.05, 3.63) is 47.6 Å². The average Bonchev–Trinajstić information content (AvgIpc) is 3.03. The lowest BCUT2D eigenvalue weighted by molar-refractivity contribution is -0.117. The molecular formula is C18H19ClN4O2. The van der Waals surface area contributed by atoms with E-state index < -0.39 is 6.04 Å². The Labute approximate surface area is 151 Å². The minimum absolute atomic E-state index is 0.156. The van der Waals surface area contributed by atoms with Gasteiger partial charge in [-0.25, -0.2) is 4.98 Å². The summed E-state index contributed by atoms with van der Waals surface area (Å²) in [6, 6.07) is 10.4. The smallest absolute Gasteiger partial charge is 0.247 e. The van der Waals surface area contributed by atoms with Crippen LogP contribution in [0.2, 0.25) is 5.02 Å². The second-order valence-electron chi connectivity index (χ2n) is 5.91. The quantitative estimate of drug-likeness (QED) is 0.860. The molecule has 1 aliphatic rings. The number of hydrogen-bond acceptors (Lipinski definition) is 4. The van der Waals surface area contributed by atoms with Gasteiger partial charge in [0.15, 0.2) is 0 Å². The zero-order valence-corrected chi connectivity index (χ0v) is 14.6. The van der Waals surface area contributed by atoms with Gasteiger partial charge in [-0.05, 0) is 49.7 Å². The molecule has 1 aromatic heterocycles. The van der Waals surface area contributed by atoms with Gasteiger partial charge in [-0.15, -0.1) is 0 Å².